The van der Waals surface area contributed by atoms with Gasteiger partial charge in [0.05, 0.1) is 6.26 Å². The lowest BCUT2D eigenvalue weighted by Crippen LogP contribution is -2.71. The molecule has 7 heterocycles. The number of furan rings is 1. The fourth-order valence-electron chi connectivity index (χ4n) is 5.76. The standard InChI is InChI=1S/C16H16N4O8S.C14H14N8O4S3/c1-26-19-9(8-3-2-4-27-8)12(21)18-10-13(22)20-11(15(23)24)7(5-28-16(17)25)6-29-14(10)20;1-6-17-18-14(29-6)28-4-7-3-27-12-9(11(24)22(12)10(7)13(25)26)16-8(23)2-21-5-15-19-20-21/h2-4,10,14H,5-6H2,1H3,(H2,17,25)(H,18,21)(H,23,24);5,9,12H,2-4H2,1H3,(H,16,23)(H,25,26)/b19-9-;/t10-,14-;9-,12-/m11/s1. The number of hydrogen-bond acceptors (Lipinski definition) is 20. The molecule has 0 aliphatic carbocycles. The molecule has 4 aliphatic heterocycles. The van der Waals surface area contributed by atoms with Crippen molar-refractivity contribution in [3.8, 4) is 0 Å². The molecule has 0 aromatic carbocycles. The number of nitrogens with two attached hydrogens (primary N) is 1. The number of amides is 5. The smallest absolute Gasteiger partial charge is 0.404 e. The molecule has 3 aromatic rings. The number of fused-ring (bicyclic) bond motifs is 2. The van der Waals surface area contributed by atoms with Gasteiger partial charge in [0.2, 0.25) is 11.6 Å². The molecule has 7 rings (SSSR count). The van der Waals surface area contributed by atoms with Crippen LogP contribution in [0.4, 0.5) is 4.79 Å². The van der Waals surface area contributed by atoms with Gasteiger partial charge < -0.3 is 40.6 Å². The first kappa shape index (κ1) is 41.6. The van der Waals surface area contributed by atoms with Gasteiger partial charge in [0.1, 0.15) is 65.8 Å². The minimum absolute atomic E-state index is 0.0153. The quantitative estimate of drug-likeness (QED) is 0.0551. The molecule has 58 heavy (non-hydrogen) atoms. The summed E-state index contributed by atoms with van der Waals surface area (Å²) in [6.45, 7) is 1.37. The summed E-state index contributed by atoms with van der Waals surface area (Å²) in [7, 11) is 1.25. The van der Waals surface area contributed by atoms with Gasteiger partial charge in [-0.25, -0.2) is 19.1 Å². The number of aryl methyl sites for hydroxylation is 1. The Morgan fingerprint density at radius 2 is 1.67 bits per heavy atom. The highest BCUT2D eigenvalue weighted by atomic mass is 32.2. The number of nitrogens with zero attached hydrogens (tertiary/aromatic N) is 9. The Balaban J connectivity index is 0.000000196. The van der Waals surface area contributed by atoms with Crippen LogP contribution in [0.5, 0.6) is 0 Å². The Labute approximate surface area is 341 Å². The summed E-state index contributed by atoms with van der Waals surface area (Å²) in [5, 5.41) is 46.1. The zero-order chi connectivity index (χ0) is 41.7. The Hall–Kier alpha value is -6.00. The lowest BCUT2D eigenvalue weighted by Gasteiger charge is -2.49. The van der Waals surface area contributed by atoms with Crippen molar-refractivity contribution in [1.82, 2.24) is 50.8 Å². The molecular formula is C30H30N12O12S4. The first-order valence-electron chi connectivity index (χ1n) is 16.4. The summed E-state index contributed by atoms with van der Waals surface area (Å²) in [6, 6.07) is 1.30. The first-order valence-corrected chi connectivity index (χ1v) is 20.3. The van der Waals surface area contributed by atoms with Crippen LogP contribution in [-0.2, 0) is 44.9 Å². The van der Waals surface area contributed by atoms with Crippen LogP contribution in [0.1, 0.15) is 10.8 Å². The van der Waals surface area contributed by atoms with Crippen molar-refractivity contribution in [3.05, 3.63) is 58.0 Å². The number of aliphatic carboxylic acids is 2. The summed E-state index contributed by atoms with van der Waals surface area (Å²) in [4.78, 5) is 91.1. The number of thioether (sulfide) groups is 3. The van der Waals surface area contributed by atoms with Crippen LogP contribution in [0.15, 0.2) is 61.2 Å². The van der Waals surface area contributed by atoms with Gasteiger partial charge in [-0.2, -0.15) is 0 Å². The molecule has 0 bridgehead atoms. The maximum absolute atomic E-state index is 12.6. The van der Waals surface area contributed by atoms with Crippen molar-refractivity contribution in [3.63, 3.8) is 0 Å². The monoisotopic (exact) mass is 878 g/mol. The molecule has 0 spiro atoms. The van der Waals surface area contributed by atoms with Crippen molar-refractivity contribution in [2.45, 2.75) is 40.6 Å². The van der Waals surface area contributed by atoms with Crippen molar-refractivity contribution in [2.75, 3.05) is 31.0 Å². The van der Waals surface area contributed by atoms with E-state index >= 15 is 0 Å². The molecule has 0 saturated carbocycles. The van der Waals surface area contributed by atoms with E-state index in [-0.39, 0.29) is 47.3 Å². The van der Waals surface area contributed by atoms with Gasteiger partial charge >= 0.3 is 18.0 Å². The molecule has 2 fully saturated rings. The Morgan fingerprint density at radius 1 is 1.02 bits per heavy atom. The number of carbonyl (C=O) groups is 7. The first-order chi connectivity index (χ1) is 27.8. The van der Waals surface area contributed by atoms with E-state index in [2.05, 4.69) is 51.1 Å². The third-order valence-corrected chi connectivity index (χ3v) is 13.0. The highest BCUT2D eigenvalue weighted by molar-refractivity contribution is 8.02. The average molecular weight is 879 g/mol. The van der Waals surface area contributed by atoms with Gasteiger partial charge in [-0.3, -0.25) is 29.0 Å². The molecule has 24 nitrogen and oxygen atoms in total. The van der Waals surface area contributed by atoms with Crippen molar-refractivity contribution >= 4 is 94.0 Å². The predicted octanol–water partition coefficient (Wildman–Crippen LogP) is -1.17. The molecular weight excluding hydrogens is 849 g/mol. The second-order valence-electron chi connectivity index (χ2n) is 11.9. The number of ether oxygens (including phenoxy) is 1. The van der Waals surface area contributed by atoms with E-state index in [1.165, 1.54) is 82.0 Å². The van der Waals surface area contributed by atoms with Gasteiger partial charge in [-0.05, 0) is 35.1 Å². The van der Waals surface area contributed by atoms with Crippen LogP contribution in [0.25, 0.3) is 0 Å². The molecule has 4 atom stereocenters. The molecule has 0 unspecified atom stereocenters. The number of primary amides is 1. The number of nitrogens with one attached hydrogen (secondary N) is 2. The van der Waals surface area contributed by atoms with Crippen LogP contribution < -0.4 is 16.4 Å². The molecule has 28 heteroatoms. The number of aromatic nitrogens is 6. The normalized spacial score (nSPS) is 21.1. The van der Waals surface area contributed by atoms with E-state index in [0.717, 1.165) is 14.2 Å². The maximum Gasteiger partial charge on any atom is 0.404 e. The Morgan fingerprint density at radius 3 is 2.22 bits per heavy atom. The summed E-state index contributed by atoms with van der Waals surface area (Å²) in [5.74, 6) is -3.57. The van der Waals surface area contributed by atoms with Gasteiger partial charge in [0, 0.05) is 22.8 Å². The lowest BCUT2D eigenvalue weighted by molar-refractivity contribution is -0.150. The number of carboxylic acids is 2. The number of oxime groups is 1. The Bertz CT molecular complexity index is 2210. The van der Waals surface area contributed by atoms with Crippen LogP contribution in [0.2, 0.25) is 0 Å². The lowest BCUT2D eigenvalue weighted by atomic mass is 10.0. The number of tetrazole rings is 1. The van der Waals surface area contributed by atoms with Gasteiger partial charge in [-0.1, -0.05) is 28.3 Å². The molecule has 0 radical (unpaired) electrons. The van der Waals surface area contributed by atoms with E-state index < -0.39 is 64.5 Å². The maximum atomic E-state index is 12.6. The Kier molecular flexibility index (Phi) is 13.0. The highest BCUT2D eigenvalue weighted by Gasteiger charge is 2.55. The zero-order valence-electron chi connectivity index (χ0n) is 29.9. The average Bonchev–Trinajstić information content (AvgIpc) is 4.00. The van der Waals surface area contributed by atoms with Crippen molar-refractivity contribution < 1.29 is 57.8 Å². The molecule has 2 saturated heterocycles. The number of rotatable bonds is 14. The van der Waals surface area contributed by atoms with Crippen molar-refractivity contribution in [1.29, 1.82) is 0 Å². The van der Waals surface area contributed by atoms with Crippen LogP contribution in [0.3, 0.4) is 0 Å². The number of β-lactam (4-membered cyclic amide) rings is 2. The number of carboxylic acid groups (broad SMARTS) is 2. The second-order valence-corrected chi connectivity index (χ2v) is 16.5. The summed E-state index contributed by atoms with van der Waals surface area (Å²) < 4.78 is 11.8. The molecule has 5 amide bonds. The fourth-order valence-corrected chi connectivity index (χ4v) is 10.4. The van der Waals surface area contributed by atoms with E-state index in [9.17, 15) is 43.8 Å². The van der Waals surface area contributed by atoms with E-state index in [1.54, 1.807) is 6.07 Å². The molecule has 4 aliphatic rings. The third kappa shape index (κ3) is 8.92. The van der Waals surface area contributed by atoms with Crippen molar-refractivity contribution in [2.24, 2.45) is 10.9 Å². The summed E-state index contributed by atoms with van der Waals surface area (Å²) in [6.07, 6.45) is 1.58. The number of hydrogen-bond donors (Lipinski definition) is 5. The van der Waals surface area contributed by atoms with Gasteiger partial charge in [-0.15, -0.1) is 38.8 Å². The van der Waals surface area contributed by atoms with Crippen LogP contribution in [-0.4, -0.2) is 152 Å². The van der Waals surface area contributed by atoms with Gasteiger partial charge in [0.25, 0.3) is 17.7 Å². The minimum atomic E-state index is -1.35. The minimum Gasteiger partial charge on any atom is -0.477 e. The molecule has 306 valence electrons. The van der Waals surface area contributed by atoms with Gasteiger partial charge in [0.15, 0.2) is 10.1 Å². The number of carbonyl (C=O) groups excluding carboxylic acids is 5. The summed E-state index contributed by atoms with van der Waals surface area (Å²) in [5.41, 5.74) is 5.30. The second kappa shape index (κ2) is 18.1. The zero-order valence-corrected chi connectivity index (χ0v) is 33.1. The summed E-state index contributed by atoms with van der Waals surface area (Å²) >= 11 is 5.46. The SMILES string of the molecule is CO/N=C(\C(=O)N[C@@H]1C(=O)N2C(C(=O)O)=C(COC(N)=O)CS[C@H]12)c1ccco1.Cc1nnc(SCC2=C(C(=O)O)N3C(=O)[C@@H](NC(=O)Cn4cnnn4)[C@H]3SC2)s1. The third-order valence-electron chi connectivity index (χ3n) is 8.22. The van der Waals surface area contributed by atoms with E-state index in [4.69, 9.17) is 10.2 Å². The molecule has 6 N–H and O–H groups in total. The van der Waals surface area contributed by atoms with Crippen LogP contribution in [0, 0.1) is 6.92 Å². The molecule has 3 aromatic heterocycles. The van der Waals surface area contributed by atoms with E-state index in [0.29, 0.717) is 17.1 Å². The topological polar surface area (TPSA) is 330 Å². The predicted molar refractivity (Wildman–Crippen MR) is 200 cm³/mol. The largest absolute Gasteiger partial charge is 0.477 e. The highest BCUT2D eigenvalue weighted by Crippen LogP contribution is 2.42. The fraction of sp³-hybridized carbons (Fsp3) is 0.367. The van der Waals surface area contributed by atoms with Crippen LogP contribution >= 0.6 is 46.6 Å². The van der Waals surface area contributed by atoms with E-state index in [1.807, 2.05) is 6.92 Å².